The maximum absolute atomic E-state index is 12.0. The van der Waals surface area contributed by atoms with Gasteiger partial charge < -0.3 is 5.32 Å². The number of imide groups is 1. The highest BCUT2D eigenvalue weighted by molar-refractivity contribution is 7.11. The number of nitrogens with two attached hydrogens (primary N) is 1. The van der Waals surface area contributed by atoms with Gasteiger partial charge in [-0.15, -0.1) is 11.3 Å². The van der Waals surface area contributed by atoms with E-state index in [1.807, 2.05) is 5.43 Å². The van der Waals surface area contributed by atoms with Gasteiger partial charge in [-0.2, -0.15) is 0 Å². The zero-order valence-electron chi connectivity index (χ0n) is 10.4. The number of nitrogen functional groups attached to an aromatic ring is 1. The van der Waals surface area contributed by atoms with Crippen LogP contribution in [-0.4, -0.2) is 33.3 Å². The van der Waals surface area contributed by atoms with Crippen LogP contribution in [0.5, 0.6) is 0 Å². The molecule has 102 valence electrons. The molecule has 1 saturated heterocycles. The molecule has 1 aliphatic rings. The number of nitrogens with zero attached hydrogens (tertiary/aromatic N) is 2. The molecule has 0 aliphatic carbocycles. The molecule has 0 unspecified atom stereocenters. The SMILES string of the molecule is CC1(C)NC(=O)N(Cc2csc(C(=O)NN)n2)C1=O. The summed E-state index contributed by atoms with van der Waals surface area (Å²) in [6, 6.07) is -0.465. The molecule has 1 aromatic heterocycles. The number of rotatable bonds is 3. The smallest absolute Gasteiger partial charge is 0.324 e. The molecular weight excluding hydrogens is 270 g/mol. The molecule has 0 atom stereocenters. The number of hydrazine groups is 1. The lowest BCUT2D eigenvalue weighted by atomic mass is 10.1. The Morgan fingerprint density at radius 3 is 2.79 bits per heavy atom. The zero-order valence-corrected chi connectivity index (χ0v) is 11.2. The van der Waals surface area contributed by atoms with Crippen molar-refractivity contribution in [1.29, 1.82) is 0 Å². The van der Waals surface area contributed by atoms with Crippen molar-refractivity contribution < 1.29 is 14.4 Å². The molecule has 1 aliphatic heterocycles. The molecule has 19 heavy (non-hydrogen) atoms. The molecule has 0 bridgehead atoms. The molecule has 8 nitrogen and oxygen atoms in total. The van der Waals surface area contributed by atoms with Crippen LogP contribution in [-0.2, 0) is 11.3 Å². The number of carbonyl (C=O) groups is 3. The van der Waals surface area contributed by atoms with Crippen molar-refractivity contribution in [1.82, 2.24) is 20.6 Å². The van der Waals surface area contributed by atoms with Crippen LogP contribution in [0.2, 0.25) is 0 Å². The van der Waals surface area contributed by atoms with E-state index in [1.165, 1.54) is 0 Å². The van der Waals surface area contributed by atoms with Crippen molar-refractivity contribution in [2.45, 2.75) is 25.9 Å². The molecule has 0 spiro atoms. The molecule has 1 aromatic rings. The molecule has 1 fully saturated rings. The van der Waals surface area contributed by atoms with E-state index in [9.17, 15) is 14.4 Å². The third-order valence-corrected chi connectivity index (χ3v) is 3.53. The number of thiazole rings is 1. The van der Waals surface area contributed by atoms with Gasteiger partial charge in [-0.1, -0.05) is 0 Å². The first kappa shape index (κ1) is 13.4. The minimum Gasteiger partial charge on any atom is -0.324 e. The number of urea groups is 1. The summed E-state index contributed by atoms with van der Waals surface area (Å²) in [6.45, 7) is 3.28. The topological polar surface area (TPSA) is 117 Å². The van der Waals surface area contributed by atoms with E-state index >= 15 is 0 Å². The maximum Gasteiger partial charge on any atom is 0.325 e. The molecule has 0 aromatic carbocycles. The lowest BCUT2D eigenvalue weighted by molar-refractivity contribution is -0.130. The molecule has 2 heterocycles. The van der Waals surface area contributed by atoms with E-state index in [0.717, 1.165) is 16.2 Å². The highest BCUT2D eigenvalue weighted by Crippen LogP contribution is 2.20. The minimum atomic E-state index is -0.912. The largest absolute Gasteiger partial charge is 0.325 e. The molecule has 0 saturated carbocycles. The van der Waals surface area contributed by atoms with Crippen LogP contribution in [0, 0.1) is 0 Å². The first-order valence-electron chi connectivity index (χ1n) is 5.44. The predicted octanol–water partition coefficient (Wildman–Crippen LogP) is -0.423. The van der Waals surface area contributed by atoms with Crippen LogP contribution in [0.15, 0.2) is 5.38 Å². The summed E-state index contributed by atoms with van der Waals surface area (Å²) in [5.41, 5.74) is 1.52. The molecule has 4 amide bonds. The standard InChI is InChI=1S/C10H13N5O3S/c1-10(2)8(17)15(9(18)13-10)3-5-4-19-7(12-5)6(16)14-11/h4H,3,11H2,1-2H3,(H,13,18)(H,14,16). The Hall–Kier alpha value is -2.00. The fourth-order valence-electron chi connectivity index (χ4n) is 1.67. The van der Waals surface area contributed by atoms with Crippen LogP contribution in [0.25, 0.3) is 0 Å². The predicted molar refractivity (Wildman–Crippen MR) is 66.9 cm³/mol. The quantitative estimate of drug-likeness (QED) is 0.301. The van der Waals surface area contributed by atoms with Crippen molar-refractivity contribution in [2.75, 3.05) is 0 Å². The van der Waals surface area contributed by atoms with Crippen molar-refractivity contribution in [2.24, 2.45) is 5.84 Å². The lowest BCUT2D eigenvalue weighted by Gasteiger charge is -2.14. The average molecular weight is 283 g/mol. The summed E-state index contributed by atoms with van der Waals surface area (Å²) in [4.78, 5) is 40.0. The monoisotopic (exact) mass is 283 g/mol. The van der Waals surface area contributed by atoms with Crippen LogP contribution >= 0.6 is 11.3 Å². The third-order valence-electron chi connectivity index (χ3n) is 2.64. The van der Waals surface area contributed by atoms with Crippen molar-refractivity contribution >= 4 is 29.2 Å². The van der Waals surface area contributed by atoms with Gasteiger partial charge >= 0.3 is 6.03 Å². The van der Waals surface area contributed by atoms with Crippen LogP contribution in [0.4, 0.5) is 4.79 Å². The maximum atomic E-state index is 12.0. The van der Waals surface area contributed by atoms with Gasteiger partial charge in [-0.05, 0) is 13.8 Å². The van der Waals surface area contributed by atoms with Crippen molar-refractivity contribution in [3.8, 4) is 0 Å². The third kappa shape index (κ3) is 2.42. The van der Waals surface area contributed by atoms with E-state index < -0.39 is 17.5 Å². The van der Waals surface area contributed by atoms with E-state index in [0.29, 0.717) is 5.69 Å². The summed E-state index contributed by atoms with van der Waals surface area (Å²) in [5, 5.41) is 4.36. The second-order valence-corrected chi connectivity index (χ2v) is 5.42. The van der Waals surface area contributed by atoms with Gasteiger partial charge in [-0.25, -0.2) is 15.6 Å². The average Bonchev–Trinajstić information content (AvgIpc) is 2.88. The van der Waals surface area contributed by atoms with E-state index in [-0.39, 0.29) is 17.5 Å². The summed E-state index contributed by atoms with van der Waals surface area (Å²) in [5.74, 6) is 4.17. The fourth-order valence-corrected chi connectivity index (χ4v) is 2.38. The van der Waals surface area contributed by atoms with Crippen LogP contribution in [0.3, 0.4) is 0 Å². The fraction of sp³-hybridized carbons (Fsp3) is 0.400. The van der Waals surface area contributed by atoms with E-state index in [4.69, 9.17) is 5.84 Å². The van der Waals surface area contributed by atoms with Gasteiger partial charge in [0.05, 0.1) is 12.2 Å². The van der Waals surface area contributed by atoms with Gasteiger partial charge in [0.2, 0.25) is 0 Å². The van der Waals surface area contributed by atoms with Gasteiger partial charge in [0.25, 0.3) is 11.8 Å². The Morgan fingerprint density at radius 2 is 2.26 bits per heavy atom. The molecule has 9 heteroatoms. The lowest BCUT2D eigenvalue weighted by Crippen LogP contribution is -2.40. The Balaban J connectivity index is 2.14. The first-order chi connectivity index (χ1) is 8.85. The summed E-state index contributed by atoms with van der Waals surface area (Å²) >= 11 is 1.10. The van der Waals surface area contributed by atoms with Gasteiger partial charge in [-0.3, -0.25) is 19.9 Å². The normalized spacial score (nSPS) is 17.5. The van der Waals surface area contributed by atoms with Crippen LogP contribution in [0.1, 0.15) is 29.3 Å². The molecule has 2 rings (SSSR count). The highest BCUT2D eigenvalue weighted by atomic mass is 32.1. The zero-order chi connectivity index (χ0) is 14.2. The van der Waals surface area contributed by atoms with Crippen molar-refractivity contribution in [3.63, 3.8) is 0 Å². The number of hydrogen-bond donors (Lipinski definition) is 3. The summed E-state index contributed by atoms with van der Waals surface area (Å²) in [7, 11) is 0. The second-order valence-electron chi connectivity index (χ2n) is 4.56. The number of aromatic nitrogens is 1. The van der Waals surface area contributed by atoms with Crippen LogP contribution < -0.4 is 16.6 Å². The minimum absolute atomic E-state index is 0.0302. The first-order valence-corrected chi connectivity index (χ1v) is 6.32. The number of amides is 4. The van der Waals surface area contributed by atoms with Gasteiger partial charge in [0.1, 0.15) is 5.54 Å². The molecule has 0 radical (unpaired) electrons. The number of hydrogen-bond acceptors (Lipinski definition) is 6. The summed E-state index contributed by atoms with van der Waals surface area (Å²) < 4.78 is 0. The van der Waals surface area contributed by atoms with Gasteiger partial charge in [0.15, 0.2) is 5.01 Å². The number of nitrogens with one attached hydrogen (secondary N) is 2. The molecular formula is C10H13N5O3S. The van der Waals surface area contributed by atoms with Crippen molar-refractivity contribution in [3.05, 3.63) is 16.1 Å². The number of carbonyl (C=O) groups excluding carboxylic acids is 3. The van der Waals surface area contributed by atoms with E-state index in [1.54, 1.807) is 19.2 Å². The Morgan fingerprint density at radius 1 is 1.58 bits per heavy atom. The van der Waals surface area contributed by atoms with E-state index in [2.05, 4.69) is 10.3 Å². The second kappa shape index (κ2) is 4.59. The summed E-state index contributed by atoms with van der Waals surface area (Å²) in [6.07, 6.45) is 0. The Labute approximate surface area is 112 Å². The highest BCUT2D eigenvalue weighted by Gasteiger charge is 2.44. The molecule has 4 N–H and O–H groups in total. The Kier molecular flexibility index (Phi) is 3.25. The van der Waals surface area contributed by atoms with Gasteiger partial charge in [0, 0.05) is 5.38 Å². The Bertz CT molecular complexity index is 553.